The predicted molar refractivity (Wildman–Crippen MR) is 101 cm³/mol. The molecule has 2 aliphatic rings. The van der Waals surface area contributed by atoms with Crippen LogP contribution in [0.5, 0.6) is 0 Å². The van der Waals surface area contributed by atoms with Gasteiger partial charge >= 0.3 is 6.18 Å². The second-order valence-electron chi connectivity index (χ2n) is 7.12. The molecule has 1 aromatic rings. The Morgan fingerprint density at radius 3 is 2.41 bits per heavy atom. The molecule has 1 amide bonds. The Hall–Kier alpha value is -1.31. The smallest absolute Gasteiger partial charge is 0.412 e. The van der Waals surface area contributed by atoms with Crippen LogP contribution in [-0.2, 0) is 17.4 Å². The molecule has 1 aromatic carbocycles. The van der Waals surface area contributed by atoms with Crippen LogP contribution in [0.2, 0.25) is 0 Å². The van der Waals surface area contributed by atoms with E-state index in [1.54, 1.807) is 6.07 Å². The molecule has 2 aliphatic heterocycles. The highest BCUT2D eigenvalue weighted by Crippen LogP contribution is 2.30. The molecule has 154 valence electrons. The lowest BCUT2D eigenvalue weighted by atomic mass is 9.99. The van der Waals surface area contributed by atoms with Crippen LogP contribution in [0.15, 0.2) is 24.3 Å². The first-order chi connectivity index (χ1) is 11.9. The standard InChI is InChI=1S/C19H25F3N2O.ClH.H2O/c20-19(21,22)16-7-5-6-15(12-16)13-18(25)24-11-2-1-8-17(24)14-23-9-3-4-10-23;;/h5-7,12,17H,1-4,8-11,13-14H2;1H;1H2/t17-;;/m0../s1. The molecule has 1 atom stereocenters. The molecule has 0 radical (unpaired) electrons. The molecule has 2 fully saturated rings. The first-order valence-electron chi connectivity index (χ1n) is 9.11. The van der Waals surface area contributed by atoms with Crippen LogP contribution in [0.25, 0.3) is 0 Å². The summed E-state index contributed by atoms with van der Waals surface area (Å²) in [7, 11) is 0. The van der Waals surface area contributed by atoms with E-state index in [1.165, 1.54) is 18.9 Å². The number of benzene rings is 1. The maximum atomic E-state index is 12.8. The van der Waals surface area contributed by atoms with Crippen molar-refractivity contribution in [1.29, 1.82) is 0 Å². The van der Waals surface area contributed by atoms with E-state index in [-0.39, 0.29) is 36.3 Å². The molecule has 3 rings (SSSR count). The Kier molecular flexibility index (Phi) is 9.05. The zero-order valence-corrected chi connectivity index (χ0v) is 16.1. The van der Waals surface area contributed by atoms with Gasteiger partial charge in [0.05, 0.1) is 12.0 Å². The van der Waals surface area contributed by atoms with Crippen LogP contribution < -0.4 is 0 Å². The van der Waals surface area contributed by atoms with Gasteiger partial charge in [0.25, 0.3) is 0 Å². The summed E-state index contributed by atoms with van der Waals surface area (Å²) < 4.78 is 38.5. The summed E-state index contributed by atoms with van der Waals surface area (Å²) in [5.41, 5.74) is -0.254. The Labute approximate surface area is 164 Å². The van der Waals surface area contributed by atoms with Crippen LogP contribution >= 0.6 is 12.4 Å². The van der Waals surface area contributed by atoms with Crippen LogP contribution in [0.1, 0.15) is 43.2 Å². The molecule has 0 aromatic heterocycles. The molecule has 0 aliphatic carbocycles. The third-order valence-electron chi connectivity index (χ3n) is 5.22. The summed E-state index contributed by atoms with van der Waals surface area (Å²) in [5, 5.41) is 0. The van der Waals surface area contributed by atoms with Crippen LogP contribution in [-0.4, -0.2) is 53.4 Å². The largest absolute Gasteiger partial charge is 0.416 e. The van der Waals surface area contributed by atoms with Crippen molar-refractivity contribution in [3.05, 3.63) is 35.4 Å². The van der Waals surface area contributed by atoms with Gasteiger partial charge in [-0.05, 0) is 56.8 Å². The number of nitrogens with zero attached hydrogens (tertiary/aromatic N) is 2. The number of likely N-dealkylation sites (tertiary alicyclic amines) is 2. The van der Waals surface area contributed by atoms with Crippen molar-refractivity contribution in [3.8, 4) is 0 Å². The zero-order valence-electron chi connectivity index (χ0n) is 15.3. The number of alkyl halides is 3. The molecule has 2 saturated heterocycles. The number of piperidine rings is 1. The number of amides is 1. The quantitative estimate of drug-likeness (QED) is 0.767. The van der Waals surface area contributed by atoms with E-state index >= 15 is 0 Å². The lowest BCUT2D eigenvalue weighted by Gasteiger charge is -2.38. The molecular formula is C19H28ClF3N2O2. The van der Waals surface area contributed by atoms with Gasteiger partial charge in [0.2, 0.25) is 5.91 Å². The third kappa shape index (κ3) is 6.36. The number of carbonyl (C=O) groups excluding carboxylic acids is 1. The first-order valence-corrected chi connectivity index (χ1v) is 9.11. The van der Waals surface area contributed by atoms with E-state index in [4.69, 9.17) is 0 Å². The second-order valence-corrected chi connectivity index (χ2v) is 7.12. The maximum Gasteiger partial charge on any atom is 0.416 e. The van der Waals surface area contributed by atoms with Crippen LogP contribution in [0.3, 0.4) is 0 Å². The molecule has 4 nitrogen and oxygen atoms in total. The SMILES string of the molecule is Cl.O.O=C(Cc1cccc(C(F)(F)F)c1)N1CCCC[C@H]1CN1CCCC1. The molecule has 27 heavy (non-hydrogen) atoms. The minimum Gasteiger partial charge on any atom is -0.412 e. The van der Waals surface area contributed by atoms with Crippen molar-refractivity contribution < 1.29 is 23.4 Å². The van der Waals surface area contributed by atoms with Crippen molar-refractivity contribution in [1.82, 2.24) is 9.80 Å². The van der Waals surface area contributed by atoms with Crippen molar-refractivity contribution in [3.63, 3.8) is 0 Å². The third-order valence-corrected chi connectivity index (χ3v) is 5.22. The highest BCUT2D eigenvalue weighted by atomic mass is 35.5. The lowest BCUT2D eigenvalue weighted by Crippen LogP contribution is -2.49. The highest BCUT2D eigenvalue weighted by molar-refractivity contribution is 5.85. The van der Waals surface area contributed by atoms with Gasteiger partial charge in [-0.3, -0.25) is 4.79 Å². The summed E-state index contributed by atoms with van der Waals surface area (Å²) in [6.07, 6.45) is 1.18. The fourth-order valence-corrected chi connectivity index (χ4v) is 3.92. The number of hydrogen-bond donors (Lipinski definition) is 0. The molecule has 8 heteroatoms. The van der Waals surface area contributed by atoms with Gasteiger partial charge in [-0.2, -0.15) is 13.2 Å². The van der Waals surface area contributed by atoms with Crippen molar-refractivity contribution in [2.75, 3.05) is 26.2 Å². The van der Waals surface area contributed by atoms with Crippen molar-refractivity contribution >= 4 is 18.3 Å². The van der Waals surface area contributed by atoms with Gasteiger partial charge in [0.15, 0.2) is 0 Å². The van der Waals surface area contributed by atoms with Crippen LogP contribution in [0, 0.1) is 0 Å². The zero-order chi connectivity index (χ0) is 17.9. The summed E-state index contributed by atoms with van der Waals surface area (Å²) in [4.78, 5) is 17.0. The number of rotatable bonds is 4. The fraction of sp³-hybridized carbons (Fsp3) is 0.632. The van der Waals surface area contributed by atoms with Gasteiger partial charge < -0.3 is 15.3 Å². The van der Waals surface area contributed by atoms with Crippen molar-refractivity contribution in [2.45, 2.75) is 50.7 Å². The Morgan fingerprint density at radius 1 is 1.07 bits per heavy atom. The van der Waals surface area contributed by atoms with Gasteiger partial charge in [0.1, 0.15) is 0 Å². The topological polar surface area (TPSA) is 55.1 Å². The molecule has 2 N–H and O–H groups in total. The summed E-state index contributed by atoms with van der Waals surface area (Å²) in [5.74, 6) is -0.0526. The van der Waals surface area contributed by atoms with Gasteiger partial charge in [-0.1, -0.05) is 18.2 Å². The molecule has 0 bridgehead atoms. The van der Waals surface area contributed by atoms with E-state index < -0.39 is 11.7 Å². The fourth-order valence-electron chi connectivity index (χ4n) is 3.92. The summed E-state index contributed by atoms with van der Waals surface area (Å²) >= 11 is 0. The normalized spacial score (nSPS) is 20.7. The Bertz CT molecular complexity index is 607. The minimum atomic E-state index is -4.37. The number of hydrogen-bond acceptors (Lipinski definition) is 2. The molecule has 0 unspecified atom stereocenters. The van der Waals surface area contributed by atoms with Crippen LogP contribution in [0.4, 0.5) is 13.2 Å². The van der Waals surface area contributed by atoms with E-state index in [2.05, 4.69) is 4.90 Å². The molecule has 0 spiro atoms. The first kappa shape index (κ1) is 23.7. The molecular weight excluding hydrogens is 381 g/mol. The lowest BCUT2D eigenvalue weighted by molar-refractivity contribution is -0.138. The number of carbonyl (C=O) groups is 1. The van der Waals surface area contributed by atoms with E-state index in [0.29, 0.717) is 5.56 Å². The maximum absolute atomic E-state index is 12.8. The van der Waals surface area contributed by atoms with E-state index in [1.807, 2.05) is 4.90 Å². The Morgan fingerprint density at radius 2 is 1.74 bits per heavy atom. The van der Waals surface area contributed by atoms with E-state index in [0.717, 1.165) is 57.6 Å². The summed E-state index contributed by atoms with van der Waals surface area (Å²) in [6.45, 7) is 3.79. The monoisotopic (exact) mass is 408 g/mol. The van der Waals surface area contributed by atoms with E-state index in [9.17, 15) is 18.0 Å². The highest BCUT2D eigenvalue weighted by Gasteiger charge is 2.32. The molecule has 2 heterocycles. The van der Waals surface area contributed by atoms with Crippen molar-refractivity contribution in [2.24, 2.45) is 0 Å². The van der Waals surface area contributed by atoms with Gasteiger partial charge in [0, 0.05) is 19.1 Å². The summed E-state index contributed by atoms with van der Waals surface area (Å²) in [6, 6.07) is 5.32. The molecule has 0 saturated carbocycles. The predicted octanol–water partition coefficient (Wildman–Crippen LogP) is 3.32. The Balaban J connectivity index is 0.00000182. The average molecular weight is 409 g/mol. The minimum absolute atomic E-state index is 0. The van der Waals surface area contributed by atoms with Gasteiger partial charge in [-0.25, -0.2) is 0 Å². The number of halogens is 4. The second kappa shape index (κ2) is 10.3. The average Bonchev–Trinajstić information content (AvgIpc) is 3.08. The van der Waals surface area contributed by atoms with Gasteiger partial charge in [-0.15, -0.1) is 12.4 Å².